The van der Waals surface area contributed by atoms with Crippen LogP contribution in [0.15, 0.2) is 23.8 Å². The van der Waals surface area contributed by atoms with Gasteiger partial charge in [0, 0.05) is 18.8 Å². The molecule has 158 valence electrons. The number of hydrogen-bond donors (Lipinski definition) is 1. The standard InChI is InChI=1S/C24H32O5/c1-14-11-20-18-6-5-16-12-17(26)7-9-22(16,3)19(18)8-10-23(20,4)24(14,28)21(27)13-29-15(2)25/h12,18-20,28H,1,5-11,13H2,2-4H3/t18-,19+,20+,22+,23+,24+/m1/s1. The van der Waals surface area contributed by atoms with Crippen LogP contribution in [0.5, 0.6) is 0 Å². The topological polar surface area (TPSA) is 80.7 Å². The van der Waals surface area contributed by atoms with E-state index in [-0.39, 0.29) is 17.1 Å². The van der Waals surface area contributed by atoms with E-state index in [4.69, 9.17) is 4.74 Å². The molecule has 29 heavy (non-hydrogen) atoms. The highest BCUT2D eigenvalue weighted by molar-refractivity contribution is 5.94. The molecule has 0 spiro atoms. The van der Waals surface area contributed by atoms with Crippen molar-refractivity contribution in [3.05, 3.63) is 23.8 Å². The first kappa shape index (κ1) is 20.5. The first-order chi connectivity index (χ1) is 13.5. The number of hydrogen-bond acceptors (Lipinski definition) is 5. The van der Waals surface area contributed by atoms with Gasteiger partial charge in [-0.25, -0.2) is 0 Å². The van der Waals surface area contributed by atoms with Crippen LogP contribution in [0.2, 0.25) is 0 Å². The van der Waals surface area contributed by atoms with Crippen molar-refractivity contribution < 1.29 is 24.2 Å². The zero-order valence-electron chi connectivity index (χ0n) is 17.8. The lowest BCUT2D eigenvalue weighted by molar-refractivity contribution is -0.165. The molecule has 0 aromatic carbocycles. The summed E-state index contributed by atoms with van der Waals surface area (Å²) < 4.78 is 4.93. The summed E-state index contributed by atoms with van der Waals surface area (Å²) in [7, 11) is 0. The molecule has 6 atom stereocenters. The van der Waals surface area contributed by atoms with E-state index in [1.54, 1.807) is 0 Å². The third-order valence-corrected chi connectivity index (χ3v) is 8.97. The summed E-state index contributed by atoms with van der Waals surface area (Å²) in [5, 5.41) is 11.6. The molecule has 0 unspecified atom stereocenters. The Kier molecular flexibility index (Phi) is 4.69. The van der Waals surface area contributed by atoms with Gasteiger partial charge in [0.2, 0.25) is 5.78 Å². The van der Waals surface area contributed by atoms with Gasteiger partial charge in [-0.1, -0.05) is 26.0 Å². The van der Waals surface area contributed by atoms with Crippen molar-refractivity contribution in [3.8, 4) is 0 Å². The number of allylic oxidation sites excluding steroid dienone is 1. The van der Waals surface area contributed by atoms with Crippen LogP contribution in [-0.4, -0.2) is 34.9 Å². The fourth-order valence-corrected chi connectivity index (χ4v) is 7.31. The molecule has 5 heteroatoms. The minimum atomic E-state index is -1.64. The molecule has 0 aromatic heterocycles. The maximum atomic E-state index is 13.0. The maximum absolute atomic E-state index is 13.0. The molecule has 0 saturated heterocycles. The Morgan fingerprint density at radius 3 is 2.62 bits per heavy atom. The van der Waals surface area contributed by atoms with Gasteiger partial charge < -0.3 is 9.84 Å². The normalized spacial score (nSPS) is 43.7. The van der Waals surface area contributed by atoms with Gasteiger partial charge >= 0.3 is 5.97 Å². The average Bonchev–Trinajstić information content (AvgIpc) is 2.88. The number of carbonyl (C=O) groups is 3. The van der Waals surface area contributed by atoms with Crippen molar-refractivity contribution >= 4 is 17.5 Å². The van der Waals surface area contributed by atoms with Crippen LogP contribution in [-0.2, 0) is 19.1 Å². The van der Waals surface area contributed by atoms with E-state index in [9.17, 15) is 19.5 Å². The maximum Gasteiger partial charge on any atom is 0.303 e. The first-order valence-corrected chi connectivity index (χ1v) is 10.8. The summed E-state index contributed by atoms with van der Waals surface area (Å²) in [4.78, 5) is 36.2. The van der Waals surface area contributed by atoms with Crippen molar-refractivity contribution in [3.63, 3.8) is 0 Å². The highest BCUT2D eigenvalue weighted by atomic mass is 16.5. The Hall–Kier alpha value is -1.75. The second-order valence-corrected chi connectivity index (χ2v) is 10.1. The zero-order valence-corrected chi connectivity index (χ0v) is 17.8. The van der Waals surface area contributed by atoms with Crippen LogP contribution in [0.4, 0.5) is 0 Å². The average molecular weight is 401 g/mol. The van der Waals surface area contributed by atoms with E-state index in [1.165, 1.54) is 12.5 Å². The summed E-state index contributed by atoms with van der Waals surface area (Å²) in [5.74, 6) is 0.311. The monoisotopic (exact) mass is 400 g/mol. The van der Waals surface area contributed by atoms with Gasteiger partial charge in [-0.15, -0.1) is 0 Å². The summed E-state index contributed by atoms with van der Waals surface area (Å²) in [6.07, 6.45) is 7.60. The molecule has 1 N–H and O–H groups in total. The molecule has 0 aromatic rings. The Morgan fingerprint density at radius 2 is 1.93 bits per heavy atom. The van der Waals surface area contributed by atoms with Gasteiger partial charge in [0.05, 0.1) is 0 Å². The third-order valence-electron chi connectivity index (χ3n) is 8.97. The molecular weight excluding hydrogens is 368 g/mol. The Balaban J connectivity index is 1.65. The molecule has 0 bridgehead atoms. The fraction of sp³-hybridized carbons (Fsp3) is 0.708. The predicted molar refractivity (Wildman–Crippen MR) is 108 cm³/mol. The molecule has 4 aliphatic rings. The van der Waals surface area contributed by atoms with Crippen LogP contribution < -0.4 is 0 Å². The van der Waals surface area contributed by atoms with Crippen LogP contribution in [0, 0.1) is 28.6 Å². The Morgan fingerprint density at radius 1 is 1.21 bits per heavy atom. The SMILES string of the molecule is C=C1C[C@H]2[C@@H]3CCC4=CC(=O)CC[C@]4(C)[C@H]3CC[C@]2(C)[C@@]1(O)C(=O)COC(C)=O. The second kappa shape index (κ2) is 6.63. The molecule has 0 amide bonds. The minimum absolute atomic E-state index is 0.0436. The van der Waals surface area contributed by atoms with E-state index in [1.807, 2.05) is 13.0 Å². The lowest BCUT2D eigenvalue weighted by atomic mass is 9.46. The predicted octanol–water partition coefficient (Wildman–Crippen LogP) is 3.55. The molecule has 0 aliphatic heterocycles. The molecular formula is C24H32O5. The van der Waals surface area contributed by atoms with Gasteiger partial charge in [0.15, 0.2) is 18.0 Å². The third kappa shape index (κ3) is 2.73. The van der Waals surface area contributed by atoms with Gasteiger partial charge in [-0.3, -0.25) is 14.4 Å². The van der Waals surface area contributed by atoms with Crippen LogP contribution >= 0.6 is 0 Å². The lowest BCUT2D eigenvalue weighted by Crippen LogP contribution is -2.58. The summed E-state index contributed by atoms with van der Waals surface area (Å²) in [5.41, 5.74) is -0.325. The quantitative estimate of drug-likeness (QED) is 0.579. The van der Waals surface area contributed by atoms with E-state index in [0.717, 1.165) is 32.1 Å². The largest absolute Gasteiger partial charge is 0.458 e. The molecule has 4 aliphatic carbocycles. The van der Waals surface area contributed by atoms with Gasteiger partial charge in [-0.05, 0) is 73.3 Å². The van der Waals surface area contributed by atoms with Crippen LogP contribution in [0.3, 0.4) is 0 Å². The summed E-state index contributed by atoms with van der Waals surface area (Å²) >= 11 is 0. The van der Waals surface area contributed by atoms with Crippen molar-refractivity contribution in [2.24, 2.45) is 28.6 Å². The van der Waals surface area contributed by atoms with E-state index < -0.39 is 29.4 Å². The highest BCUT2D eigenvalue weighted by Gasteiger charge is 2.67. The van der Waals surface area contributed by atoms with E-state index in [0.29, 0.717) is 30.3 Å². The van der Waals surface area contributed by atoms with Crippen molar-refractivity contribution in [1.82, 2.24) is 0 Å². The molecule has 0 radical (unpaired) electrons. The van der Waals surface area contributed by atoms with Crippen LogP contribution in [0.25, 0.3) is 0 Å². The molecule has 0 heterocycles. The molecule has 4 rings (SSSR count). The molecule has 3 fully saturated rings. The number of aliphatic hydroxyl groups is 1. The number of ether oxygens (including phenoxy) is 1. The van der Waals surface area contributed by atoms with Crippen molar-refractivity contribution in [2.45, 2.75) is 71.3 Å². The minimum Gasteiger partial charge on any atom is -0.458 e. The van der Waals surface area contributed by atoms with E-state index >= 15 is 0 Å². The lowest BCUT2D eigenvalue weighted by Gasteiger charge is -2.58. The zero-order chi connectivity index (χ0) is 21.2. The van der Waals surface area contributed by atoms with Crippen LogP contribution in [0.1, 0.15) is 65.7 Å². The smallest absolute Gasteiger partial charge is 0.303 e. The number of Topliss-reactive ketones (excluding diaryl/α,β-unsaturated/α-hetero) is 1. The number of fused-ring (bicyclic) bond motifs is 5. The first-order valence-electron chi connectivity index (χ1n) is 10.8. The highest BCUT2D eigenvalue weighted by Crippen LogP contribution is 2.68. The van der Waals surface area contributed by atoms with Gasteiger partial charge in [0.25, 0.3) is 0 Å². The summed E-state index contributed by atoms with van der Waals surface area (Å²) in [6, 6.07) is 0. The van der Waals surface area contributed by atoms with E-state index in [2.05, 4.69) is 13.5 Å². The van der Waals surface area contributed by atoms with Gasteiger partial charge in [0.1, 0.15) is 0 Å². The van der Waals surface area contributed by atoms with Crippen molar-refractivity contribution in [2.75, 3.05) is 6.61 Å². The van der Waals surface area contributed by atoms with Gasteiger partial charge in [-0.2, -0.15) is 0 Å². The Bertz CT molecular complexity index is 825. The number of esters is 1. The second-order valence-electron chi connectivity index (χ2n) is 10.1. The Labute approximate surface area is 172 Å². The number of carbonyl (C=O) groups excluding carboxylic acids is 3. The number of ketones is 2. The fourth-order valence-electron chi connectivity index (χ4n) is 7.31. The molecule has 5 nitrogen and oxygen atoms in total. The summed E-state index contributed by atoms with van der Waals surface area (Å²) in [6.45, 7) is 9.29. The molecule has 3 saturated carbocycles. The van der Waals surface area contributed by atoms with Crippen molar-refractivity contribution in [1.29, 1.82) is 0 Å². The number of rotatable bonds is 3.